The highest BCUT2D eigenvalue weighted by Gasteiger charge is 2.12. The molecule has 0 N–H and O–H groups in total. The highest BCUT2D eigenvalue weighted by atomic mass is 32.1. The summed E-state index contributed by atoms with van der Waals surface area (Å²) in [5.41, 5.74) is 2.91. The average molecular weight is 332 g/mol. The maximum Gasteiger partial charge on any atom is 0.128 e. The molecule has 0 bridgehead atoms. The molecule has 22 heavy (non-hydrogen) atoms. The molecule has 0 spiro atoms. The van der Waals surface area contributed by atoms with Gasteiger partial charge in [-0.3, -0.25) is 0 Å². The molecule has 0 radical (unpaired) electrons. The van der Waals surface area contributed by atoms with Crippen molar-refractivity contribution in [3.05, 3.63) is 44.7 Å². The van der Waals surface area contributed by atoms with Crippen LogP contribution in [0.2, 0.25) is 0 Å². The van der Waals surface area contributed by atoms with E-state index in [-0.39, 0.29) is 0 Å². The van der Waals surface area contributed by atoms with Gasteiger partial charge < -0.3 is 9.47 Å². The number of nitrogens with zero attached hydrogens (tertiary/aromatic N) is 2. The summed E-state index contributed by atoms with van der Waals surface area (Å²) >= 11 is 3.31. The van der Waals surface area contributed by atoms with E-state index >= 15 is 0 Å². The number of aryl methyl sites for hydroxylation is 1. The van der Waals surface area contributed by atoms with Crippen molar-refractivity contribution in [2.75, 3.05) is 14.2 Å². The second-order valence-corrected chi connectivity index (χ2v) is 6.64. The van der Waals surface area contributed by atoms with Gasteiger partial charge in [0.15, 0.2) is 0 Å². The fourth-order valence-electron chi connectivity index (χ4n) is 2.14. The summed E-state index contributed by atoms with van der Waals surface area (Å²) < 4.78 is 10.7. The molecule has 0 aliphatic rings. The zero-order chi connectivity index (χ0) is 15.5. The number of methoxy groups -OCH3 is 2. The fraction of sp³-hybridized carbons (Fsp3) is 0.250. The van der Waals surface area contributed by atoms with Crippen LogP contribution in [0, 0.1) is 6.92 Å². The molecule has 6 heteroatoms. The van der Waals surface area contributed by atoms with E-state index in [1.54, 1.807) is 36.9 Å². The molecule has 0 aliphatic carbocycles. The van der Waals surface area contributed by atoms with Crippen LogP contribution < -0.4 is 9.47 Å². The van der Waals surface area contributed by atoms with Crippen LogP contribution in [0.4, 0.5) is 0 Å². The maximum atomic E-state index is 5.43. The van der Waals surface area contributed by atoms with E-state index in [0.717, 1.165) is 44.9 Å². The number of ether oxygens (including phenoxy) is 2. The highest BCUT2D eigenvalue weighted by Crippen LogP contribution is 2.34. The zero-order valence-electron chi connectivity index (χ0n) is 12.6. The van der Waals surface area contributed by atoms with E-state index < -0.39 is 0 Å². The minimum atomic E-state index is 0.773. The largest absolute Gasteiger partial charge is 0.497 e. The van der Waals surface area contributed by atoms with Crippen molar-refractivity contribution in [2.24, 2.45) is 0 Å². The molecule has 2 heterocycles. The quantitative estimate of drug-likeness (QED) is 0.703. The summed E-state index contributed by atoms with van der Waals surface area (Å²) in [6.07, 6.45) is 0.773. The summed E-state index contributed by atoms with van der Waals surface area (Å²) in [4.78, 5) is 9.21. The molecule has 0 fully saturated rings. The van der Waals surface area contributed by atoms with Crippen molar-refractivity contribution in [3.8, 4) is 22.8 Å². The van der Waals surface area contributed by atoms with E-state index in [2.05, 4.69) is 10.4 Å². The molecule has 0 aliphatic heterocycles. The smallest absolute Gasteiger partial charge is 0.128 e. The lowest BCUT2D eigenvalue weighted by Crippen LogP contribution is -1.91. The maximum absolute atomic E-state index is 5.43. The number of rotatable bonds is 5. The van der Waals surface area contributed by atoms with Gasteiger partial charge in [-0.1, -0.05) is 0 Å². The van der Waals surface area contributed by atoms with Gasteiger partial charge in [0.05, 0.1) is 31.3 Å². The Labute approximate surface area is 137 Å². The average Bonchev–Trinajstić information content (AvgIpc) is 3.16. The Morgan fingerprint density at radius 2 is 1.77 bits per heavy atom. The molecule has 0 atom stereocenters. The van der Waals surface area contributed by atoms with Gasteiger partial charge in [0.1, 0.15) is 16.5 Å². The lowest BCUT2D eigenvalue weighted by molar-refractivity contribution is 0.404. The van der Waals surface area contributed by atoms with Gasteiger partial charge in [-0.15, -0.1) is 22.7 Å². The topological polar surface area (TPSA) is 44.2 Å². The minimum Gasteiger partial charge on any atom is -0.497 e. The molecule has 2 aromatic heterocycles. The first-order valence-electron chi connectivity index (χ1n) is 6.77. The Bertz CT molecular complexity index is 780. The molecule has 0 amide bonds. The fourth-order valence-corrected chi connectivity index (χ4v) is 3.81. The molecule has 114 valence electrons. The van der Waals surface area contributed by atoms with Crippen molar-refractivity contribution >= 4 is 22.7 Å². The number of benzene rings is 1. The summed E-state index contributed by atoms with van der Waals surface area (Å²) in [5, 5.41) is 6.26. The summed E-state index contributed by atoms with van der Waals surface area (Å²) in [5.74, 6) is 1.59. The first-order valence-corrected chi connectivity index (χ1v) is 8.53. The Balaban J connectivity index is 1.90. The Kier molecular flexibility index (Phi) is 4.40. The van der Waals surface area contributed by atoms with Crippen LogP contribution in [0.5, 0.6) is 11.5 Å². The third kappa shape index (κ3) is 3.13. The van der Waals surface area contributed by atoms with Gasteiger partial charge in [0.25, 0.3) is 0 Å². The van der Waals surface area contributed by atoms with Crippen molar-refractivity contribution in [1.82, 2.24) is 9.97 Å². The summed E-state index contributed by atoms with van der Waals surface area (Å²) in [7, 11) is 3.32. The first kappa shape index (κ1) is 15.0. The Morgan fingerprint density at radius 1 is 1.00 bits per heavy atom. The third-order valence-electron chi connectivity index (χ3n) is 3.20. The standard InChI is InChI=1S/C16H16N2O2S2/c1-10-8-21-15(17-10)7-16-18-13(9-22-16)12-6-11(19-2)4-5-14(12)20-3/h4-6,8-9H,7H2,1-3H3. The molecule has 4 nitrogen and oxygen atoms in total. The number of aromatic nitrogens is 2. The van der Waals surface area contributed by atoms with E-state index in [0.29, 0.717) is 0 Å². The van der Waals surface area contributed by atoms with Crippen LogP contribution in [-0.4, -0.2) is 24.2 Å². The second kappa shape index (κ2) is 6.46. The lowest BCUT2D eigenvalue weighted by atomic mass is 10.1. The van der Waals surface area contributed by atoms with E-state index in [1.807, 2.05) is 30.5 Å². The van der Waals surface area contributed by atoms with E-state index in [9.17, 15) is 0 Å². The van der Waals surface area contributed by atoms with Gasteiger partial charge in [0, 0.05) is 22.0 Å². The van der Waals surface area contributed by atoms with Crippen LogP contribution >= 0.6 is 22.7 Å². The van der Waals surface area contributed by atoms with Gasteiger partial charge in [0.2, 0.25) is 0 Å². The molecule has 1 aromatic carbocycles. The highest BCUT2D eigenvalue weighted by molar-refractivity contribution is 7.11. The van der Waals surface area contributed by atoms with E-state index in [1.165, 1.54) is 0 Å². The monoisotopic (exact) mass is 332 g/mol. The van der Waals surface area contributed by atoms with Crippen molar-refractivity contribution in [2.45, 2.75) is 13.3 Å². The molecule has 0 saturated carbocycles. The zero-order valence-corrected chi connectivity index (χ0v) is 14.3. The van der Waals surface area contributed by atoms with Gasteiger partial charge in [-0.05, 0) is 25.1 Å². The van der Waals surface area contributed by atoms with Crippen LogP contribution in [0.1, 0.15) is 15.7 Å². The first-order chi connectivity index (χ1) is 10.7. The normalized spacial score (nSPS) is 10.7. The molecule has 0 unspecified atom stereocenters. The van der Waals surface area contributed by atoms with Crippen LogP contribution in [0.25, 0.3) is 11.3 Å². The van der Waals surface area contributed by atoms with Crippen LogP contribution in [0.3, 0.4) is 0 Å². The predicted molar refractivity (Wildman–Crippen MR) is 90.3 cm³/mol. The van der Waals surface area contributed by atoms with Crippen LogP contribution in [0.15, 0.2) is 29.0 Å². The molecule has 3 rings (SSSR count). The van der Waals surface area contributed by atoms with Gasteiger partial charge >= 0.3 is 0 Å². The van der Waals surface area contributed by atoms with Crippen molar-refractivity contribution in [3.63, 3.8) is 0 Å². The molecular weight excluding hydrogens is 316 g/mol. The van der Waals surface area contributed by atoms with Crippen LogP contribution in [-0.2, 0) is 6.42 Å². The lowest BCUT2D eigenvalue weighted by Gasteiger charge is -2.08. The van der Waals surface area contributed by atoms with Crippen molar-refractivity contribution in [1.29, 1.82) is 0 Å². The second-order valence-electron chi connectivity index (χ2n) is 4.75. The SMILES string of the molecule is COc1ccc(OC)c(-c2csc(Cc3nc(C)cs3)n2)c1. The summed E-state index contributed by atoms with van der Waals surface area (Å²) in [6, 6.07) is 5.73. The number of hydrogen-bond acceptors (Lipinski definition) is 6. The van der Waals surface area contributed by atoms with Gasteiger partial charge in [-0.25, -0.2) is 9.97 Å². The molecule has 0 saturated heterocycles. The number of hydrogen-bond donors (Lipinski definition) is 0. The summed E-state index contributed by atoms with van der Waals surface area (Å²) in [6.45, 7) is 2.01. The molecular formula is C16H16N2O2S2. The third-order valence-corrected chi connectivity index (χ3v) is 5.02. The van der Waals surface area contributed by atoms with Crippen molar-refractivity contribution < 1.29 is 9.47 Å². The molecule has 3 aromatic rings. The Hall–Kier alpha value is -1.92. The predicted octanol–water partition coefficient (Wildman–Crippen LogP) is 4.18. The Morgan fingerprint density at radius 3 is 2.45 bits per heavy atom. The number of thiazole rings is 2. The van der Waals surface area contributed by atoms with Gasteiger partial charge in [-0.2, -0.15) is 0 Å². The van der Waals surface area contributed by atoms with E-state index in [4.69, 9.17) is 14.5 Å². The minimum absolute atomic E-state index is 0.773.